The number of benzene rings is 1. The van der Waals surface area contributed by atoms with Crippen molar-refractivity contribution in [1.82, 2.24) is 14.8 Å². The molecule has 1 aromatic carbocycles. The van der Waals surface area contributed by atoms with Crippen LogP contribution in [0.25, 0.3) is 17.3 Å². The van der Waals surface area contributed by atoms with Crippen molar-refractivity contribution in [2.24, 2.45) is 0 Å². The molecular weight excluding hydrogens is 318 g/mol. The molecule has 1 aliphatic rings. The van der Waals surface area contributed by atoms with Crippen molar-refractivity contribution in [2.75, 3.05) is 0 Å². The van der Waals surface area contributed by atoms with Gasteiger partial charge in [-0.05, 0) is 37.1 Å². The predicted molar refractivity (Wildman–Crippen MR) is 84.0 cm³/mol. The van der Waals surface area contributed by atoms with Gasteiger partial charge in [0.05, 0.1) is 5.69 Å². The Bertz CT molecular complexity index is 926. The van der Waals surface area contributed by atoms with Gasteiger partial charge in [-0.25, -0.2) is 9.67 Å². The second-order valence-electron chi connectivity index (χ2n) is 5.45. The Balaban J connectivity index is 1.88. The summed E-state index contributed by atoms with van der Waals surface area (Å²) in [5, 5.41) is 14.5. The maximum Gasteiger partial charge on any atom is 0.227 e. The highest BCUT2D eigenvalue weighted by Gasteiger charge is 2.30. The van der Waals surface area contributed by atoms with Gasteiger partial charge >= 0.3 is 0 Å². The summed E-state index contributed by atoms with van der Waals surface area (Å²) >= 11 is 5.93. The van der Waals surface area contributed by atoms with Crippen molar-refractivity contribution in [3.05, 3.63) is 57.7 Å². The Morgan fingerprint density at radius 2 is 2.00 bits per heavy atom. The molecule has 1 N–H and O–H groups in total. The lowest BCUT2D eigenvalue weighted by Crippen LogP contribution is -2.03. The number of aromatic nitrogens is 3. The molecule has 1 fully saturated rings. The molecule has 4 rings (SSSR count). The van der Waals surface area contributed by atoms with Crippen LogP contribution in [-0.4, -0.2) is 19.9 Å². The van der Waals surface area contributed by atoms with Crippen LogP contribution in [0.4, 0.5) is 0 Å². The highest BCUT2D eigenvalue weighted by atomic mass is 35.5. The average Bonchev–Trinajstić information content (AvgIpc) is 3.30. The van der Waals surface area contributed by atoms with Gasteiger partial charge in [-0.2, -0.15) is 5.10 Å². The molecule has 0 radical (unpaired) electrons. The molecule has 1 saturated carbocycles. The van der Waals surface area contributed by atoms with Crippen LogP contribution < -0.4 is 5.43 Å². The topological polar surface area (TPSA) is 81.2 Å². The molecule has 0 saturated heterocycles. The number of hydrogen-bond acceptors (Lipinski definition) is 5. The van der Waals surface area contributed by atoms with Gasteiger partial charge in [0, 0.05) is 17.0 Å². The Kier molecular flexibility index (Phi) is 3.20. The van der Waals surface area contributed by atoms with Crippen molar-refractivity contribution in [1.29, 1.82) is 0 Å². The summed E-state index contributed by atoms with van der Waals surface area (Å²) < 4.78 is 6.95. The van der Waals surface area contributed by atoms with Crippen molar-refractivity contribution < 1.29 is 9.52 Å². The maximum absolute atomic E-state index is 11.7. The summed E-state index contributed by atoms with van der Waals surface area (Å²) in [6.45, 7) is 0. The molecule has 1 aliphatic carbocycles. The van der Waals surface area contributed by atoms with Gasteiger partial charge in [0.25, 0.3) is 0 Å². The van der Waals surface area contributed by atoms with Crippen LogP contribution in [0.2, 0.25) is 5.02 Å². The fourth-order valence-corrected chi connectivity index (χ4v) is 2.41. The Hall–Kier alpha value is -2.60. The zero-order valence-corrected chi connectivity index (χ0v) is 12.7. The second kappa shape index (κ2) is 5.24. The lowest BCUT2D eigenvalue weighted by Gasteiger charge is -2.05. The first-order chi connectivity index (χ1) is 11.1. The maximum atomic E-state index is 11.7. The fourth-order valence-electron chi connectivity index (χ4n) is 2.29. The van der Waals surface area contributed by atoms with E-state index >= 15 is 0 Å². The van der Waals surface area contributed by atoms with Crippen molar-refractivity contribution >= 4 is 11.6 Å². The first-order valence-corrected chi connectivity index (χ1v) is 7.55. The van der Waals surface area contributed by atoms with E-state index < -0.39 is 11.2 Å². The third-order valence-corrected chi connectivity index (χ3v) is 3.92. The zero-order valence-electron chi connectivity index (χ0n) is 11.9. The highest BCUT2D eigenvalue weighted by Crippen LogP contribution is 2.39. The predicted octanol–water partition coefficient (Wildman–Crippen LogP) is 3.12. The van der Waals surface area contributed by atoms with Gasteiger partial charge in [0.1, 0.15) is 6.26 Å². The number of nitrogens with zero attached hydrogens (tertiary/aromatic N) is 3. The van der Waals surface area contributed by atoms with Crippen LogP contribution in [0.15, 0.2) is 45.8 Å². The normalized spacial score (nSPS) is 14.1. The van der Waals surface area contributed by atoms with Crippen LogP contribution in [-0.2, 0) is 0 Å². The summed E-state index contributed by atoms with van der Waals surface area (Å²) in [6.07, 6.45) is 3.13. The van der Waals surface area contributed by atoms with Crippen LogP contribution in [0.5, 0.6) is 5.75 Å². The van der Waals surface area contributed by atoms with E-state index in [0.29, 0.717) is 16.8 Å². The first kappa shape index (κ1) is 14.0. The van der Waals surface area contributed by atoms with Gasteiger partial charge in [-0.1, -0.05) is 11.6 Å². The highest BCUT2D eigenvalue weighted by molar-refractivity contribution is 6.30. The van der Waals surface area contributed by atoms with Gasteiger partial charge in [0.2, 0.25) is 5.43 Å². The lowest BCUT2D eigenvalue weighted by molar-refractivity contribution is 0.432. The molecule has 116 valence electrons. The third-order valence-electron chi connectivity index (χ3n) is 3.67. The lowest BCUT2D eigenvalue weighted by atomic mass is 10.3. The minimum Gasteiger partial charge on any atom is -0.502 e. The minimum absolute atomic E-state index is 0.252. The Labute approximate surface area is 136 Å². The standard InChI is InChI=1S/C16H12ClN3O3/c17-10-3-5-11(6-4-10)20-16(18-15(19-20)9-1-2-9)14-7-12(21)13(22)8-23-14/h3-9,22H,1-2H2. The monoisotopic (exact) mass is 329 g/mol. The molecule has 0 unspecified atom stereocenters. The molecule has 0 amide bonds. The Morgan fingerprint density at radius 3 is 2.65 bits per heavy atom. The number of hydrogen-bond donors (Lipinski definition) is 1. The smallest absolute Gasteiger partial charge is 0.227 e. The van der Waals surface area contributed by atoms with E-state index in [1.165, 1.54) is 6.07 Å². The molecule has 23 heavy (non-hydrogen) atoms. The molecule has 3 aromatic rings. The van der Waals surface area contributed by atoms with Crippen molar-refractivity contribution in [2.45, 2.75) is 18.8 Å². The average molecular weight is 330 g/mol. The molecule has 2 heterocycles. The molecular formula is C16H12ClN3O3. The fraction of sp³-hybridized carbons (Fsp3) is 0.188. The van der Waals surface area contributed by atoms with Crippen molar-refractivity contribution in [3.8, 4) is 23.0 Å². The van der Waals surface area contributed by atoms with Crippen LogP contribution in [0.1, 0.15) is 24.6 Å². The van der Waals surface area contributed by atoms with Gasteiger partial charge < -0.3 is 9.52 Å². The van der Waals surface area contributed by atoms with E-state index in [0.717, 1.165) is 30.6 Å². The van der Waals surface area contributed by atoms with E-state index in [1.54, 1.807) is 16.8 Å². The van der Waals surface area contributed by atoms with Crippen LogP contribution in [0.3, 0.4) is 0 Å². The zero-order chi connectivity index (χ0) is 16.0. The SMILES string of the molecule is O=c1cc(-c2nc(C3CC3)nn2-c2ccc(Cl)cc2)occ1O. The number of halogens is 1. The summed E-state index contributed by atoms with van der Waals surface area (Å²) in [6, 6.07) is 8.35. The quantitative estimate of drug-likeness (QED) is 0.798. The van der Waals surface area contributed by atoms with Gasteiger partial charge in [-0.3, -0.25) is 4.79 Å². The molecule has 6 nitrogen and oxygen atoms in total. The van der Waals surface area contributed by atoms with E-state index in [-0.39, 0.29) is 5.76 Å². The van der Waals surface area contributed by atoms with Crippen LogP contribution in [0, 0.1) is 0 Å². The summed E-state index contributed by atoms with van der Waals surface area (Å²) in [4.78, 5) is 16.2. The van der Waals surface area contributed by atoms with Crippen molar-refractivity contribution in [3.63, 3.8) is 0 Å². The second-order valence-corrected chi connectivity index (χ2v) is 5.89. The number of rotatable bonds is 3. The van der Waals surface area contributed by atoms with Crippen LogP contribution >= 0.6 is 11.6 Å². The number of aromatic hydroxyl groups is 1. The first-order valence-electron chi connectivity index (χ1n) is 7.17. The van der Waals surface area contributed by atoms with E-state index in [1.807, 2.05) is 12.1 Å². The molecule has 7 heteroatoms. The largest absolute Gasteiger partial charge is 0.502 e. The summed E-state index contributed by atoms with van der Waals surface area (Å²) in [5.41, 5.74) is 0.240. The molecule has 0 atom stereocenters. The minimum atomic E-state index is -0.523. The van der Waals surface area contributed by atoms with Gasteiger partial charge in [0.15, 0.2) is 23.2 Å². The molecule has 0 aliphatic heterocycles. The van der Waals surface area contributed by atoms with E-state index in [2.05, 4.69) is 10.1 Å². The van der Waals surface area contributed by atoms with Gasteiger partial charge in [-0.15, -0.1) is 0 Å². The molecule has 0 spiro atoms. The third kappa shape index (κ3) is 2.61. The summed E-state index contributed by atoms with van der Waals surface area (Å²) in [5.74, 6) is 1.32. The van der Waals surface area contributed by atoms with E-state index in [9.17, 15) is 9.90 Å². The van der Waals surface area contributed by atoms with E-state index in [4.69, 9.17) is 16.0 Å². The Morgan fingerprint density at radius 1 is 1.26 bits per heavy atom. The molecule has 2 aromatic heterocycles. The summed E-state index contributed by atoms with van der Waals surface area (Å²) in [7, 11) is 0. The molecule has 0 bridgehead atoms.